The summed E-state index contributed by atoms with van der Waals surface area (Å²) in [4.78, 5) is 18.3. The maximum atomic E-state index is 12.2. The van der Waals surface area contributed by atoms with E-state index in [0.717, 1.165) is 5.69 Å². The summed E-state index contributed by atoms with van der Waals surface area (Å²) in [7, 11) is 0. The minimum atomic E-state index is -0.0752. The average molecular weight is 306 g/mol. The highest BCUT2D eigenvalue weighted by Crippen LogP contribution is 2.34. The number of carbonyl (C=O) groups excluding carboxylic acids is 1. The van der Waals surface area contributed by atoms with Gasteiger partial charge in [0.1, 0.15) is 0 Å². The van der Waals surface area contributed by atoms with Crippen molar-refractivity contribution in [2.75, 3.05) is 11.4 Å². The highest BCUT2D eigenvalue weighted by atomic mass is 35.5. The Morgan fingerprint density at radius 1 is 1.38 bits per heavy atom. The van der Waals surface area contributed by atoms with Crippen LogP contribution in [-0.2, 0) is 4.79 Å². The number of anilines is 1. The van der Waals surface area contributed by atoms with Crippen molar-refractivity contribution >= 4 is 23.2 Å². The number of amides is 1. The second-order valence-corrected chi connectivity index (χ2v) is 5.91. The van der Waals surface area contributed by atoms with E-state index in [2.05, 4.69) is 10.1 Å². The van der Waals surface area contributed by atoms with Gasteiger partial charge < -0.3 is 9.42 Å². The van der Waals surface area contributed by atoms with Crippen molar-refractivity contribution in [1.29, 1.82) is 0 Å². The number of aromatic nitrogens is 2. The predicted octanol–water partition coefficient (Wildman–Crippen LogP) is 3.37. The molecule has 1 aliphatic rings. The van der Waals surface area contributed by atoms with E-state index in [1.165, 1.54) is 0 Å². The molecule has 1 aromatic carbocycles. The van der Waals surface area contributed by atoms with E-state index in [0.29, 0.717) is 29.7 Å². The molecule has 0 N–H and O–H groups in total. The molecule has 0 unspecified atom stereocenters. The quantitative estimate of drug-likeness (QED) is 0.872. The van der Waals surface area contributed by atoms with Gasteiger partial charge in [0.2, 0.25) is 11.8 Å². The summed E-state index contributed by atoms with van der Waals surface area (Å²) < 4.78 is 5.30. The Morgan fingerprint density at radius 2 is 2.14 bits per heavy atom. The highest BCUT2D eigenvalue weighted by Gasteiger charge is 2.35. The number of halogens is 1. The zero-order valence-electron chi connectivity index (χ0n) is 11.9. The molecule has 3 rings (SSSR count). The number of nitrogens with zero attached hydrogens (tertiary/aromatic N) is 3. The zero-order chi connectivity index (χ0) is 15.0. The molecule has 5 nitrogen and oxygen atoms in total. The molecule has 21 heavy (non-hydrogen) atoms. The van der Waals surface area contributed by atoms with Crippen LogP contribution in [-0.4, -0.2) is 22.6 Å². The summed E-state index contributed by atoms with van der Waals surface area (Å²) in [6.45, 7) is 4.53. The van der Waals surface area contributed by atoms with Gasteiger partial charge in [-0.05, 0) is 12.1 Å². The van der Waals surface area contributed by atoms with Crippen molar-refractivity contribution in [2.24, 2.45) is 0 Å². The molecule has 1 aliphatic heterocycles. The van der Waals surface area contributed by atoms with Crippen molar-refractivity contribution in [3.63, 3.8) is 0 Å². The van der Waals surface area contributed by atoms with E-state index in [1.54, 1.807) is 11.0 Å². The van der Waals surface area contributed by atoms with E-state index in [4.69, 9.17) is 16.1 Å². The Bertz CT molecular complexity index is 668. The first-order valence-corrected chi connectivity index (χ1v) is 7.32. The van der Waals surface area contributed by atoms with Gasteiger partial charge >= 0.3 is 0 Å². The van der Waals surface area contributed by atoms with Crippen LogP contribution in [0.3, 0.4) is 0 Å². The maximum absolute atomic E-state index is 12.2. The van der Waals surface area contributed by atoms with Crippen LogP contribution in [0.1, 0.15) is 43.8 Å². The molecule has 0 saturated carbocycles. The molecule has 0 spiro atoms. The first-order valence-electron chi connectivity index (χ1n) is 6.94. The van der Waals surface area contributed by atoms with Crippen molar-refractivity contribution in [3.05, 3.63) is 41.0 Å². The van der Waals surface area contributed by atoms with Crippen molar-refractivity contribution in [1.82, 2.24) is 10.1 Å². The molecule has 110 valence electrons. The lowest BCUT2D eigenvalue weighted by atomic mass is 10.1. The average Bonchev–Trinajstić information content (AvgIpc) is 3.06. The fourth-order valence-corrected chi connectivity index (χ4v) is 2.66. The van der Waals surface area contributed by atoms with E-state index < -0.39 is 0 Å². The SMILES string of the molecule is CC(C)c1noc([C@@H]2CC(=O)N(c3ccccc3Cl)C2)n1. The van der Waals surface area contributed by atoms with Crippen LogP contribution >= 0.6 is 11.6 Å². The summed E-state index contributed by atoms with van der Waals surface area (Å²) in [5, 5.41) is 4.53. The topological polar surface area (TPSA) is 59.2 Å². The van der Waals surface area contributed by atoms with Gasteiger partial charge in [-0.1, -0.05) is 42.7 Å². The van der Waals surface area contributed by atoms with Crippen molar-refractivity contribution in [2.45, 2.75) is 32.1 Å². The number of carbonyl (C=O) groups is 1. The lowest BCUT2D eigenvalue weighted by Gasteiger charge is -2.17. The second kappa shape index (κ2) is 5.48. The fourth-order valence-electron chi connectivity index (χ4n) is 2.42. The Labute approximate surface area is 127 Å². The van der Waals surface area contributed by atoms with E-state index in [-0.39, 0.29) is 17.7 Å². The molecule has 2 aromatic rings. The molecule has 1 fully saturated rings. The summed E-state index contributed by atoms with van der Waals surface area (Å²) in [5.74, 6) is 1.36. The molecule has 0 bridgehead atoms. The molecule has 6 heteroatoms. The third-order valence-corrected chi connectivity index (χ3v) is 3.91. The summed E-state index contributed by atoms with van der Waals surface area (Å²) in [6.07, 6.45) is 0.366. The maximum Gasteiger partial charge on any atom is 0.232 e. The van der Waals surface area contributed by atoms with Crippen LogP contribution in [0.25, 0.3) is 0 Å². The molecule has 2 heterocycles. The van der Waals surface area contributed by atoms with Gasteiger partial charge in [0, 0.05) is 18.9 Å². The van der Waals surface area contributed by atoms with E-state index in [1.807, 2.05) is 32.0 Å². The molecule has 0 radical (unpaired) electrons. The van der Waals surface area contributed by atoms with Gasteiger partial charge in [0.15, 0.2) is 5.82 Å². The molecule has 1 amide bonds. The lowest BCUT2D eigenvalue weighted by molar-refractivity contribution is -0.117. The van der Waals surface area contributed by atoms with E-state index in [9.17, 15) is 4.79 Å². The molecular weight excluding hydrogens is 290 g/mol. The van der Waals surface area contributed by atoms with Crippen molar-refractivity contribution < 1.29 is 9.32 Å². The fraction of sp³-hybridized carbons (Fsp3) is 0.400. The summed E-state index contributed by atoms with van der Waals surface area (Å²) in [5.41, 5.74) is 0.732. The number of rotatable bonds is 3. The number of para-hydroxylation sites is 1. The Balaban J connectivity index is 1.83. The summed E-state index contributed by atoms with van der Waals surface area (Å²) in [6, 6.07) is 7.33. The Kier molecular flexibility index (Phi) is 3.68. The summed E-state index contributed by atoms with van der Waals surface area (Å²) >= 11 is 6.16. The standard InChI is InChI=1S/C15H16ClN3O2/c1-9(2)14-17-15(21-18-14)10-7-13(20)19(8-10)12-6-4-3-5-11(12)16/h3-6,9-10H,7-8H2,1-2H3/t10-/m1/s1. The largest absolute Gasteiger partial charge is 0.339 e. The first-order chi connectivity index (χ1) is 10.1. The van der Waals surface area contributed by atoms with Gasteiger partial charge in [-0.3, -0.25) is 4.79 Å². The van der Waals surface area contributed by atoms with Gasteiger partial charge in [0.25, 0.3) is 0 Å². The van der Waals surface area contributed by atoms with Crippen LogP contribution in [0.2, 0.25) is 5.02 Å². The lowest BCUT2D eigenvalue weighted by Crippen LogP contribution is -2.24. The van der Waals surface area contributed by atoms with Crippen LogP contribution < -0.4 is 4.90 Å². The minimum Gasteiger partial charge on any atom is -0.339 e. The third kappa shape index (κ3) is 2.65. The van der Waals surface area contributed by atoms with Crippen molar-refractivity contribution in [3.8, 4) is 0 Å². The molecule has 1 atom stereocenters. The van der Waals surface area contributed by atoms with Crippen LogP contribution in [0.15, 0.2) is 28.8 Å². The Morgan fingerprint density at radius 3 is 2.81 bits per heavy atom. The first kappa shape index (κ1) is 14.1. The normalized spacial score (nSPS) is 18.8. The van der Waals surface area contributed by atoms with E-state index >= 15 is 0 Å². The Hall–Kier alpha value is -1.88. The smallest absolute Gasteiger partial charge is 0.232 e. The zero-order valence-corrected chi connectivity index (χ0v) is 12.7. The van der Waals surface area contributed by atoms with Gasteiger partial charge in [-0.15, -0.1) is 0 Å². The monoisotopic (exact) mass is 305 g/mol. The third-order valence-electron chi connectivity index (χ3n) is 3.59. The van der Waals surface area contributed by atoms with Crippen LogP contribution in [0.5, 0.6) is 0 Å². The molecule has 1 aromatic heterocycles. The highest BCUT2D eigenvalue weighted by molar-refractivity contribution is 6.33. The predicted molar refractivity (Wildman–Crippen MR) is 79.6 cm³/mol. The van der Waals surface area contributed by atoms with Crippen LogP contribution in [0, 0.1) is 0 Å². The van der Waals surface area contributed by atoms with Gasteiger partial charge in [-0.2, -0.15) is 4.98 Å². The molecule has 0 aliphatic carbocycles. The number of hydrogen-bond acceptors (Lipinski definition) is 4. The van der Waals surface area contributed by atoms with Crippen LogP contribution in [0.4, 0.5) is 5.69 Å². The van der Waals surface area contributed by atoms with Gasteiger partial charge in [-0.25, -0.2) is 0 Å². The molecule has 1 saturated heterocycles. The molecular formula is C15H16ClN3O2. The minimum absolute atomic E-state index is 0.0254. The number of hydrogen-bond donors (Lipinski definition) is 0. The number of benzene rings is 1. The van der Waals surface area contributed by atoms with Gasteiger partial charge in [0.05, 0.1) is 16.6 Å². The second-order valence-electron chi connectivity index (χ2n) is 5.50.